The van der Waals surface area contributed by atoms with Crippen molar-refractivity contribution in [2.75, 3.05) is 13.1 Å². The Morgan fingerprint density at radius 2 is 2.26 bits per heavy atom. The minimum Gasteiger partial charge on any atom is -0.314 e. The van der Waals surface area contributed by atoms with E-state index in [1.54, 1.807) is 6.92 Å². The van der Waals surface area contributed by atoms with Crippen LogP contribution in [0.2, 0.25) is 0 Å². The van der Waals surface area contributed by atoms with Crippen LogP contribution in [0.25, 0.3) is 0 Å². The Hall–Kier alpha value is -0.980. The minimum absolute atomic E-state index is 0.0185. The van der Waals surface area contributed by atoms with Gasteiger partial charge in [0.15, 0.2) is 0 Å². The Morgan fingerprint density at radius 3 is 2.89 bits per heavy atom. The molecule has 106 valence electrons. The second kappa shape index (κ2) is 5.98. The molecule has 1 fully saturated rings. The monoisotopic (exact) mass is 286 g/mol. The van der Waals surface area contributed by atoms with E-state index in [9.17, 15) is 12.8 Å². The summed E-state index contributed by atoms with van der Waals surface area (Å²) in [6.45, 7) is 2.97. The van der Waals surface area contributed by atoms with E-state index in [1.807, 2.05) is 0 Å². The number of hydrogen-bond acceptors (Lipinski definition) is 3. The fourth-order valence-corrected chi connectivity index (χ4v) is 3.25. The summed E-state index contributed by atoms with van der Waals surface area (Å²) < 4.78 is 39.8. The molecule has 1 saturated heterocycles. The SMILES string of the molecule is Cc1ccc(S(=O)(=O)NCCC2CCCN2)cc1F. The molecule has 1 aromatic rings. The smallest absolute Gasteiger partial charge is 0.240 e. The largest absolute Gasteiger partial charge is 0.314 e. The van der Waals surface area contributed by atoms with E-state index in [0.29, 0.717) is 18.2 Å². The highest BCUT2D eigenvalue weighted by Gasteiger charge is 2.17. The summed E-state index contributed by atoms with van der Waals surface area (Å²) in [7, 11) is -3.61. The molecule has 1 heterocycles. The zero-order chi connectivity index (χ0) is 13.9. The van der Waals surface area contributed by atoms with E-state index in [0.717, 1.165) is 31.9 Å². The molecule has 19 heavy (non-hydrogen) atoms. The molecule has 0 aromatic heterocycles. The van der Waals surface area contributed by atoms with Gasteiger partial charge < -0.3 is 5.32 Å². The number of hydrogen-bond donors (Lipinski definition) is 2. The van der Waals surface area contributed by atoms with Crippen LogP contribution in [-0.4, -0.2) is 27.5 Å². The first-order valence-corrected chi connectivity index (χ1v) is 7.96. The Labute approximate surface area is 113 Å². The molecule has 1 atom stereocenters. The number of halogens is 1. The molecule has 1 aromatic carbocycles. The van der Waals surface area contributed by atoms with Crippen LogP contribution in [0.15, 0.2) is 23.1 Å². The standard InChI is InChI=1S/C13H19FN2O2S/c1-10-4-5-12(9-13(10)14)19(17,18)16-8-6-11-3-2-7-15-11/h4-5,9,11,15-16H,2-3,6-8H2,1H3. The maximum absolute atomic E-state index is 13.4. The molecule has 1 aliphatic rings. The zero-order valence-corrected chi connectivity index (χ0v) is 11.8. The van der Waals surface area contributed by atoms with Crippen LogP contribution in [-0.2, 0) is 10.0 Å². The molecule has 0 radical (unpaired) electrons. The van der Waals surface area contributed by atoms with Gasteiger partial charge in [-0.2, -0.15) is 0 Å². The molecule has 0 spiro atoms. The summed E-state index contributed by atoms with van der Waals surface area (Å²) >= 11 is 0. The van der Waals surface area contributed by atoms with Crippen molar-refractivity contribution >= 4 is 10.0 Å². The van der Waals surface area contributed by atoms with Crippen molar-refractivity contribution in [1.82, 2.24) is 10.0 Å². The van der Waals surface area contributed by atoms with Crippen LogP contribution in [0.5, 0.6) is 0 Å². The third-order valence-corrected chi connectivity index (χ3v) is 4.86. The maximum Gasteiger partial charge on any atom is 0.240 e. The van der Waals surface area contributed by atoms with E-state index in [2.05, 4.69) is 10.0 Å². The molecule has 2 rings (SSSR count). The Bertz CT molecular complexity index is 540. The molecule has 0 saturated carbocycles. The van der Waals surface area contributed by atoms with Gasteiger partial charge in [0, 0.05) is 12.6 Å². The lowest BCUT2D eigenvalue weighted by Gasteiger charge is -2.11. The van der Waals surface area contributed by atoms with Gasteiger partial charge in [0.25, 0.3) is 0 Å². The van der Waals surface area contributed by atoms with Crippen molar-refractivity contribution in [3.63, 3.8) is 0 Å². The van der Waals surface area contributed by atoms with Crippen molar-refractivity contribution in [3.05, 3.63) is 29.6 Å². The summed E-state index contributed by atoms with van der Waals surface area (Å²) in [5.74, 6) is -0.500. The number of sulfonamides is 1. The topological polar surface area (TPSA) is 58.2 Å². The molecular formula is C13H19FN2O2S. The third-order valence-electron chi connectivity index (χ3n) is 3.40. The Balaban J connectivity index is 1.95. The highest BCUT2D eigenvalue weighted by Crippen LogP contribution is 2.14. The highest BCUT2D eigenvalue weighted by atomic mass is 32.2. The second-order valence-electron chi connectivity index (χ2n) is 4.89. The van der Waals surface area contributed by atoms with Gasteiger partial charge in [0.05, 0.1) is 4.90 Å². The summed E-state index contributed by atoms with van der Waals surface area (Å²) in [6.07, 6.45) is 2.98. The van der Waals surface area contributed by atoms with E-state index in [4.69, 9.17) is 0 Å². The lowest BCUT2D eigenvalue weighted by molar-refractivity contribution is 0.538. The Kier molecular flexibility index (Phi) is 4.54. The summed E-state index contributed by atoms with van der Waals surface area (Å²) in [5.41, 5.74) is 0.439. The molecule has 6 heteroatoms. The first-order valence-electron chi connectivity index (χ1n) is 6.48. The van der Waals surface area contributed by atoms with Crippen LogP contribution >= 0.6 is 0 Å². The molecule has 4 nitrogen and oxygen atoms in total. The van der Waals surface area contributed by atoms with E-state index in [1.165, 1.54) is 12.1 Å². The molecule has 0 aliphatic carbocycles. The van der Waals surface area contributed by atoms with Gasteiger partial charge in [-0.05, 0) is 50.4 Å². The quantitative estimate of drug-likeness (QED) is 0.863. The van der Waals surface area contributed by atoms with E-state index in [-0.39, 0.29) is 4.90 Å². The highest BCUT2D eigenvalue weighted by molar-refractivity contribution is 7.89. The van der Waals surface area contributed by atoms with Gasteiger partial charge in [-0.1, -0.05) is 6.07 Å². The number of benzene rings is 1. The van der Waals surface area contributed by atoms with Crippen molar-refractivity contribution in [3.8, 4) is 0 Å². The van der Waals surface area contributed by atoms with Gasteiger partial charge in [-0.25, -0.2) is 17.5 Å². The van der Waals surface area contributed by atoms with Gasteiger partial charge in [-0.15, -0.1) is 0 Å². The summed E-state index contributed by atoms with van der Waals surface area (Å²) in [4.78, 5) is -0.0185. The molecule has 0 amide bonds. The number of aryl methyl sites for hydroxylation is 1. The zero-order valence-electron chi connectivity index (χ0n) is 10.9. The van der Waals surface area contributed by atoms with Crippen LogP contribution in [0.4, 0.5) is 4.39 Å². The van der Waals surface area contributed by atoms with E-state index < -0.39 is 15.8 Å². The van der Waals surface area contributed by atoms with Crippen molar-refractivity contribution in [2.24, 2.45) is 0 Å². The predicted molar refractivity (Wildman–Crippen MR) is 72.0 cm³/mol. The van der Waals surface area contributed by atoms with Gasteiger partial charge in [0.2, 0.25) is 10.0 Å². The minimum atomic E-state index is -3.61. The summed E-state index contributed by atoms with van der Waals surface area (Å²) in [6, 6.07) is 4.35. The van der Waals surface area contributed by atoms with Gasteiger partial charge in [-0.3, -0.25) is 0 Å². The Morgan fingerprint density at radius 1 is 1.47 bits per heavy atom. The molecular weight excluding hydrogens is 267 g/mol. The average Bonchev–Trinajstić information content (AvgIpc) is 2.85. The van der Waals surface area contributed by atoms with Gasteiger partial charge >= 0.3 is 0 Å². The summed E-state index contributed by atoms with van der Waals surface area (Å²) in [5, 5.41) is 3.30. The molecule has 2 N–H and O–H groups in total. The molecule has 0 bridgehead atoms. The number of rotatable bonds is 5. The van der Waals surface area contributed by atoms with Crippen molar-refractivity contribution in [2.45, 2.75) is 37.1 Å². The first-order chi connectivity index (χ1) is 8.99. The van der Waals surface area contributed by atoms with Crippen LogP contribution in [0, 0.1) is 12.7 Å². The van der Waals surface area contributed by atoms with Crippen LogP contribution in [0.1, 0.15) is 24.8 Å². The van der Waals surface area contributed by atoms with Crippen molar-refractivity contribution in [1.29, 1.82) is 0 Å². The van der Waals surface area contributed by atoms with Crippen LogP contribution < -0.4 is 10.0 Å². The maximum atomic E-state index is 13.4. The third kappa shape index (κ3) is 3.75. The molecule has 1 unspecified atom stereocenters. The number of nitrogens with one attached hydrogen (secondary N) is 2. The fraction of sp³-hybridized carbons (Fsp3) is 0.538. The second-order valence-corrected chi connectivity index (χ2v) is 6.66. The lowest BCUT2D eigenvalue weighted by atomic mass is 10.2. The van der Waals surface area contributed by atoms with Crippen LogP contribution in [0.3, 0.4) is 0 Å². The van der Waals surface area contributed by atoms with Gasteiger partial charge in [0.1, 0.15) is 5.82 Å². The normalized spacial score (nSPS) is 19.8. The van der Waals surface area contributed by atoms with Crippen molar-refractivity contribution < 1.29 is 12.8 Å². The fourth-order valence-electron chi connectivity index (χ4n) is 2.19. The van der Waals surface area contributed by atoms with E-state index >= 15 is 0 Å². The predicted octanol–water partition coefficient (Wildman–Crippen LogP) is 1.55. The molecule has 1 aliphatic heterocycles. The first kappa shape index (κ1) is 14.4. The average molecular weight is 286 g/mol. The lowest BCUT2D eigenvalue weighted by Crippen LogP contribution is -2.30.